The van der Waals surface area contributed by atoms with Gasteiger partial charge in [-0.15, -0.1) is 11.3 Å². The predicted octanol–water partition coefficient (Wildman–Crippen LogP) is 2.37. The van der Waals surface area contributed by atoms with E-state index in [0.717, 1.165) is 22.6 Å². The summed E-state index contributed by atoms with van der Waals surface area (Å²) in [6.07, 6.45) is 5.46. The Morgan fingerprint density at radius 3 is 2.61 bits per heavy atom. The molecule has 0 spiro atoms. The Kier molecular flexibility index (Phi) is 6.51. The third-order valence-electron chi connectivity index (χ3n) is 5.11. The molecule has 0 bridgehead atoms. The van der Waals surface area contributed by atoms with E-state index in [-0.39, 0.29) is 22.6 Å². The van der Waals surface area contributed by atoms with Crippen LogP contribution < -0.4 is 5.32 Å². The van der Waals surface area contributed by atoms with Crippen LogP contribution in [-0.2, 0) is 26.0 Å². The van der Waals surface area contributed by atoms with Crippen molar-refractivity contribution in [3.8, 4) is 5.69 Å². The average Bonchev–Trinajstić information content (AvgIpc) is 3.47. The summed E-state index contributed by atoms with van der Waals surface area (Å²) in [6, 6.07) is 11.0. The molecule has 1 N–H and O–H groups in total. The number of imidazole rings is 1. The van der Waals surface area contributed by atoms with Crippen LogP contribution in [0.25, 0.3) is 5.69 Å². The number of carbonyl (C=O) groups excluding carboxylic acids is 1. The van der Waals surface area contributed by atoms with Crippen molar-refractivity contribution in [2.75, 3.05) is 26.3 Å². The molecule has 2 aromatic heterocycles. The molecule has 1 amide bonds. The highest BCUT2D eigenvalue weighted by atomic mass is 32.2. The molecule has 1 fully saturated rings. The molecular weight excluding hydrogens is 436 g/mol. The predicted molar refractivity (Wildman–Crippen MR) is 118 cm³/mol. The molecule has 164 valence electrons. The van der Waals surface area contributed by atoms with Crippen LogP contribution >= 0.6 is 11.3 Å². The number of hydrogen-bond donors (Lipinski definition) is 1. The summed E-state index contributed by atoms with van der Waals surface area (Å²) < 4.78 is 34.3. The minimum Gasteiger partial charge on any atom is -0.379 e. The van der Waals surface area contributed by atoms with Gasteiger partial charge in [-0.1, -0.05) is 12.1 Å². The Bertz CT molecular complexity index is 1120. The van der Waals surface area contributed by atoms with Crippen LogP contribution in [0.2, 0.25) is 0 Å². The number of morpholine rings is 1. The molecule has 3 aromatic rings. The minimum absolute atomic E-state index is 0.140. The molecule has 0 unspecified atom stereocenters. The van der Waals surface area contributed by atoms with E-state index >= 15 is 0 Å². The first-order valence-electron chi connectivity index (χ1n) is 9.98. The van der Waals surface area contributed by atoms with Gasteiger partial charge in [-0.2, -0.15) is 4.31 Å². The summed E-state index contributed by atoms with van der Waals surface area (Å²) in [6.45, 7) is 3.44. The second-order valence-corrected chi connectivity index (χ2v) is 10.6. The average molecular weight is 461 g/mol. The van der Waals surface area contributed by atoms with Gasteiger partial charge >= 0.3 is 0 Å². The third-order valence-corrected chi connectivity index (χ3v) is 8.56. The second-order valence-electron chi connectivity index (χ2n) is 7.26. The lowest BCUT2D eigenvalue weighted by Crippen LogP contribution is -2.40. The number of nitrogens with zero attached hydrogens (tertiary/aromatic N) is 3. The van der Waals surface area contributed by atoms with Crippen molar-refractivity contribution < 1.29 is 17.9 Å². The second kappa shape index (κ2) is 9.31. The number of benzene rings is 1. The molecule has 10 heteroatoms. The molecule has 0 saturated carbocycles. The van der Waals surface area contributed by atoms with E-state index in [4.69, 9.17) is 4.74 Å². The number of rotatable bonds is 7. The van der Waals surface area contributed by atoms with Crippen LogP contribution in [0.3, 0.4) is 0 Å². The maximum absolute atomic E-state index is 12.7. The smallest absolute Gasteiger partial charge is 0.252 e. The van der Waals surface area contributed by atoms with Crippen LogP contribution in [0.5, 0.6) is 0 Å². The third kappa shape index (κ3) is 5.04. The Balaban J connectivity index is 1.35. The van der Waals surface area contributed by atoms with Gasteiger partial charge in [-0.3, -0.25) is 4.79 Å². The van der Waals surface area contributed by atoms with Gasteiger partial charge in [0.05, 0.1) is 32.0 Å². The maximum atomic E-state index is 12.7. The van der Waals surface area contributed by atoms with Gasteiger partial charge in [-0.05, 0) is 36.8 Å². The van der Waals surface area contributed by atoms with E-state index in [1.807, 2.05) is 42.0 Å². The normalized spacial score (nSPS) is 16.2. The largest absolute Gasteiger partial charge is 0.379 e. The number of carbonyl (C=O) groups is 1. The zero-order valence-corrected chi connectivity index (χ0v) is 18.7. The van der Waals surface area contributed by atoms with E-state index < -0.39 is 10.0 Å². The summed E-state index contributed by atoms with van der Waals surface area (Å²) in [5.41, 5.74) is 1.98. The van der Waals surface area contributed by atoms with Crippen LogP contribution in [0.1, 0.15) is 23.4 Å². The first kappa shape index (κ1) is 21.7. The number of sulfonamides is 1. The van der Waals surface area contributed by atoms with Gasteiger partial charge in [0, 0.05) is 36.0 Å². The number of nitrogens with one attached hydrogen (secondary N) is 1. The van der Waals surface area contributed by atoms with Crippen molar-refractivity contribution in [2.45, 2.75) is 23.6 Å². The fraction of sp³-hybridized carbons (Fsp3) is 0.333. The van der Waals surface area contributed by atoms with E-state index in [1.54, 1.807) is 24.7 Å². The standard InChI is InChI=1S/C21H24N4O4S2/c1-16(17-2-4-18(5-3-17)24-9-8-22-15-24)23-20(26)14-19-6-7-21(30-19)31(27,28)25-10-12-29-13-11-25/h2-9,15-16H,10-14H2,1H3,(H,23,26)/t16-/m1/s1. The van der Waals surface area contributed by atoms with Crippen molar-refractivity contribution >= 4 is 27.3 Å². The molecule has 1 saturated heterocycles. The molecule has 8 nitrogen and oxygen atoms in total. The number of thiophene rings is 1. The van der Waals surface area contributed by atoms with Gasteiger partial charge in [0.25, 0.3) is 10.0 Å². The summed E-state index contributed by atoms with van der Waals surface area (Å²) in [7, 11) is -3.53. The Hall–Kier alpha value is -2.53. The Labute approximate surface area is 185 Å². The zero-order valence-electron chi connectivity index (χ0n) is 17.1. The van der Waals surface area contributed by atoms with E-state index in [0.29, 0.717) is 31.2 Å². The molecular formula is C21H24N4O4S2. The fourth-order valence-corrected chi connectivity index (χ4v) is 6.30. The topological polar surface area (TPSA) is 93.5 Å². The maximum Gasteiger partial charge on any atom is 0.252 e. The molecule has 1 aliphatic heterocycles. The minimum atomic E-state index is -3.53. The summed E-state index contributed by atoms with van der Waals surface area (Å²) in [4.78, 5) is 17.3. The first-order valence-corrected chi connectivity index (χ1v) is 12.2. The fourth-order valence-electron chi connectivity index (χ4n) is 3.39. The lowest BCUT2D eigenvalue weighted by Gasteiger charge is -2.25. The van der Waals surface area contributed by atoms with Crippen molar-refractivity contribution in [3.63, 3.8) is 0 Å². The highest BCUT2D eigenvalue weighted by Crippen LogP contribution is 2.26. The van der Waals surface area contributed by atoms with Crippen LogP contribution in [0.15, 0.2) is 59.3 Å². The van der Waals surface area contributed by atoms with Crippen LogP contribution in [-0.4, -0.2) is 54.5 Å². The molecule has 1 aromatic carbocycles. The molecule has 3 heterocycles. The van der Waals surface area contributed by atoms with Gasteiger partial charge in [0.1, 0.15) is 4.21 Å². The summed E-state index contributed by atoms with van der Waals surface area (Å²) in [5, 5.41) is 2.98. The number of amides is 1. The molecule has 1 atom stereocenters. The van der Waals surface area contributed by atoms with Crippen molar-refractivity contribution in [2.24, 2.45) is 0 Å². The first-order chi connectivity index (χ1) is 14.9. The molecule has 0 radical (unpaired) electrons. The quantitative estimate of drug-likeness (QED) is 0.584. The Morgan fingerprint density at radius 1 is 1.19 bits per heavy atom. The molecule has 0 aliphatic carbocycles. The van der Waals surface area contributed by atoms with Crippen molar-refractivity contribution in [1.29, 1.82) is 0 Å². The monoisotopic (exact) mass is 460 g/mol. The summed E-state index contributed by atoms with van der Waals surface area (Å²) >= 11 is 1.15. The SMILES string of the molecule is C[C@@H](NC(=O)Cc1ccc(S(=O)(=O)N2CCOCC2)s1)c1ccc(-n2ccnc2)cc1. The van der Waals surface area contributed by atoms with Gasteiger partial charge in [0.15, 0.2) is 0 Å². The van der Waals surface area contributed by atoms with Gasteiger partial charge < -0.3 is 14.6 Å². The van der Waals surface area contributed by atoms with Crippen LogP contribution in [0, 0.1) is 0 Å². The number of hydrogen-bond acceptors (Lipinski definition) is 6. The molecule has 1 aliphatic rings. The lowest BCUT2D eigenvalue weighted by atomic mass is 10.1. The Morgan fingerprint density at radius 2 is 1.94 bits per heavy atom. The number of ether oxygens (including phenoxy) is 1. The van der Waals surface area contributed by atoms with Crippen molar-refractivity contribution in [3.05, 3.63) is 65.6 Å². The highest BCUT2D eigenvalue weighted by molar-refractivity contribution is 7.91. The van der Waals surface area contributed by atoms with E-state index in [9.17, 15) is 13.2 Å². The molecule has 4 rings (SSSR count). The van der Waals surface area contributed by atoms with Gasteiger partial charge in [0.2, 0.25) is 5.91 Å². The number of aromatic nitrogens is 2. The van der Waals surface area contributed by atoms with E-state index in [2.05, 4.69) is 10.3 Å². The van der Waals surface area contributed by atoms with Crippen LogP contribution in [0.4, 0.5) is 0 Å². The summed E-state index contributed by atoms with van der Waals surface area (Å²) in [5.74, 6) is -0.150. The van der Waals surface area contributed by atoms with Crippen molar-refractivity contribution in [1.82, 2.24) is 19.2 Å². The lowest BCUT2D eigenvalue weighted by molar-refractivity contribution is -0.121. The van der Waals surface area contributed by atoms with E-state index in [1.165, 1.54) is 4.31 Å². The molecule has 31 heavy (non-hydrogen) atoms. The zero-order chi connectivity index (χ0) is 21.8. The van der Waals surface area contributed by atoms with Gasteiger partial charge in [-0.25, -0.2) is 13.4 Å². The highest BCUT2D eigenvalue weighted by Gasteiger charge is 2.28.